The van der Waals surface area contributed by atoms with Crippen LogP contribution in [0.2, 0.25) is 5.82 Å². The van der Waals surface area contributed by atoms with E-state index in [1.807, 2.05) is 36.2 Å². The van der Waals surface area contributed by atoms with E-state index in [4.69, 9.17) is 5.26 Å². The molecule has 72 valence electrons. The summed E-state index contributed by atoms with van der Waals surface area (Å²) in [4.78, 5) is 11.7. The normalized spacial score (nSPS) is 14.1. The molecular weight excluding hydrogens is 241 g/mol. The molecule has 0 heterocycles. The Labute approximate surface area is 90.1 Å². The summed E-state index contributed by atoms with van der Waals surface area (Å²) in [5.74, 6) is 1.84. The van der Waals surface area contributed by atoms with Crippen LogP contribution in [0.4, 0.5) is 0 Å². The second-order valence-electron chi connectivity index (χ2n) is 3.09. The van der Waals surface area contributed by atoms with Gasteiger partial charge in [0.1, 0.15) is 0 Å². The van der Waals surface area contributed by atoms with Gasteiger partial charge in [-0.3, -0.25) is 0 Å². The van der Waals surface area contributed by atoms with Crippen LogP contribution in [0.25, 0.3) is 0 Å². The van der Waals surface area contributed by atoms with Crippen molar-refractivity contribution < 1.29 is 4.79 Å². The van der Waals surface area contributed by atoms with Crippen LogP contribution < -0.4 is 0 Å². The number of benzene rings is 1. The van der Waals surface area contributed by atoms with E-state index in [1.54, 1.807) is 6.92 Å². The molecule has 3 heteroatoms. The second kappa shape index (κ2) is 4.41. The molecular formula is C11H11NOSe. The molecule has 0 aliphatic rings. The zero-order valence-corrected chi connectivity index (χ0v) is 9.86. The van der Waals surface area contributed by atoms with E-state index in [0.717, 1.165) is 5.56 Å². The van der Waals surface area contributed by atoms with Crippen LogP contribution in [0.1, 0.15) is 12.5 Å². The molecule has 0 aliphatic heterocycles. The molecule has 0 aromatic heterocycles. The van der Waals surface area contributed by atoms with Crippen LogP contribution >= 0.6 is 0 Å². The Morgan fingerprint density at radius 2 is 2.00 bits per heavy atom. The Kier molecular flexibility index (Phi) is 3.46. The van der Waals surface area contributed by atoms with Gasteiger partial charge < -0.3 is 0 Å². The quantitative estimate of drug-likeness (QED) is 0.769. The third kappa shape index (κ3) is 1.87. The summed E-state index contributed by atoms with van der Waals surface area (Å²) < 4.78 is 0.0266. The Balaban J connectivity index is 3.17. The average Bonchev–Trinajstić information content (AvgIpc) is 2.28. The summed E-state index contributed by atoms with van der Waals surface area (Å²) in [6.45, 7) is 1.69. The molecule has 0 N–H and O–H groups in total. The summed E-state index contributed by atoms with van der Waals surface area (Å²) in [6, 6.07) is 11.3. The third-order valence-corrected chi connectivity index (χ3v) is 3.80. The van der Waals surface area contributed by atoms with Gasteiger partial charge in [-0.1, -0.05) is 0 Å². The fraction of sp³-hybridized carbons (Fsp3) is 0.273. The van der Waals surface area contributed by atoms with Gasteiger partial charge in [-0.25, -0.2) is 0 Å². The molecule has 0 radical (unpaired) electrons. The first kappa shape index (κ1) is 11.0. The number of carbonyl (C=O) groups excluding carboxylic acids is 1. The Morgan fingerprint density at radius 1 is 1.43 bits per heavy atom. The topological polar surface area (TPSA) is 40.9 Å². The zero-order chi connectivity index (χ0) is 10.6. The molecule has 1 rings (SSSR count). The SMILES string of the molecule is C[Se]C(=O)C(C)(C#N)c1ccccc1. The molecule has 1 atom stereocenters. The number of rotatable bonds is 3. The van der Waals surface area contributed by atoms with Crippen LogP contribution in [-0.2, 0) is 10.2 Å². The Bertz CT molecular complexity index is 369. The Morgan fingerprint density at radius 3 is 2.43 bits per heavy atom. The average molecular weight is 252 g/mol. The van der Waals surface area contributed by atoms with Gasteiger partial charge in [-0.15, -0.1) is 0 Å². The maximum atomic E-state index is 11.7. The summed E-state index contributed by atoms with van der Waals surface area (Å²) in [7, 11) is 0. The summed E-state index contributed by atoms with van der Waals surface area (Å²) >= 11 is -0.139. The first-order valence-corrected chi connectivity index (χ1v) is 6.77. The molecule has 0 spiro atoms. The van der Waals surface area contributed by atoms with E-state index in [2.05, 4.69) is 6.07 Å². The number of carbonyl (C=O) groups is 1. The molecule has 0 bridgehead atoms. The molecule has 0 saturated carbocycles. The third-order valence-electron chi connectivity index (χ3n) is 2.17. The molecule has 2 nitrogen and oxygen atoms in total. The Hall–Kier alpha value is -1.10. The fourth-order valence-corrected chi connectivity index (χ4v) is 2.40. The van der Waals surface area contributed by atoms with E-state index >= 15 is 0 Å². The maximum absolute atomic E-state index is 11.7. The molecule has 1 aromatic rings. The van der Waals surface area contributed by atoms with E-state index < -0.39 is 5.41 Å². The van der Waals surface area contributed by atoms with Crippen LogP contribution in [-0.4, -0.2) is 19.6 Å². The van der Waals surface area contributed by atoms with Gasteiger partial charge >= 0.3 is 89.8 Å². The molecule has 1 unspecified atom stereocenters. The van der Waals surface area contributed by atoms with Crippen molar-refractivity contribution in [2.45, 2.75) is 18.2 Å². The second-order valence-corrected chi connectivity index (χ2v) is 4.73. The zero-order valence-electron chi connectivity index (χ0n) is 8.15. The van der Waals surface area contributed by atoms with Crippen molar-refractivity contribution in [2.75, 3.05) is 0 Å². The van der Waals surface area contributed by atoms with E-state index in [9.17, 15) is 4.79 Å². The summed E-state index contributed by atoms with van der Waals surface area (Å²) in [5.41, 5.74) is -0.174. The van der Waals surface area contributed by atoms with E-state index in [-0.39, 0.29) is 19.6 Å². The van der Waals surface area contributed by atoms with Crippen molar-refractivity contribution in [3.8, 4) is 6.07 Å². The standard InChI is InChI=1S/C11H11NOSe/c1-11(8-12,10(13)14-2)9-6-4-3-5-7-9/h3-7H,1-2H3. The van der Waals surface area contributed by atoms with Gasteiger partial charge in [0.15, 0.2) is 0 Å². The molecule has 14 heavy (non-hydrogen) atoms. The number of hydrogen-bond donors (Lipinski definition) is 0. The fourth-order valence-electron chi connectivity index (χ4n) is 1.20. The minimum absolute atomic E-state index is 0.0266. The van der Waals surface area contributed by atoms with Crippen molar-refractivity contribution in [1.29, 1.82) is 5.26 Å². The van der Waals surface area contributed by atoms with Gasteiger partial charge in [-0.2, -0.15) is 0 Å². The van der Waals surface area contributed by atoms with Gasteiger partial charge in [0.05, 0.1) is 0 Å². The minimum atomic E-state index is -0.962. The van der Waals surface area contributed by atoms with E-state index in [0.29, 0.717) is 0 Å². The van der Waals surface area contributed by atoms with Gasteiger partial charge in [-0.05, 0) is 0 Å². The van der Waals surface area contributed by atoms with Crippen molar-refractivity contribution >= 4 is 19.6 Å². The van der Waals surface area contributed by atoms with Crippen LogP contribution in [0, 0.1) is 11.3 Å². The van der Waals surface area contributed by atoms with Crippen molar-refractivity contribution in [3.63, 3.8) is 0 Å². The van der Waals surface area contributed by atoms with Crippen molar-refractivity contribution in [2.24, 2.45) is 0 Å². The van der Waals surface area contributed by atoms with Gasteiger partial charge in [0.2, 0.25) is 0 Å². The predicted octanol–water partition coefficient (Wildman–Crippen LogP) is 1.75. The first-order valence-electron chi connectivity index (χ1n) is 4.20. The number of nitrogens with zero attached hydrogens (tertiary/aromatic N) is 1. The van der Waals surface area contributed by atoms with Crippen molar-refractivity contribution in [1.82, 2.24) is 0 Å². The molecule has 0 aliphatic carbocycles. The van der Waals surface area contributed by atoms with Crippen molar-refractivity contribution in [3.05, 3.63) is 35.9 Å². The summed E-state index contributed by atoms with van der Waals surface area (Å²) in [5, 5.41) is 9.08. The number of hydrogen-bond acceptors (Lipinski definition) is 2. The van der Waals surface area contributed by atoms with Crippen LogP contribution in [0.15, 0.2) is 30.3 Å². The van der Waals surface area contributed by atoms with Crippen LogP contribution in [0.5, 0.6) is 0 Å². The molecule has 0 amide bonds. The first-order chi connectivity index (χ1) is 6.65. The van der Waals surface area contributed by atoms with E-state index in [1.165, 1.54) is 0 Å². The molecule has 1 aromatic carbocycles. The van der Waals surface area contributed by atoms with Crippen LogP contribution in [0.3, 0.4) is 0 Å². The summed E-state index contributed by atoms with van der Waals surface area (Å²) in [6.07, 6.45) is 0. The molecule has 0 saturated heterocycles. The monoisotopic (exact) mass is 253 g/mol. The predicted molar refractivity (Wildman–Crippen MR) is 56.0 cm³/mol. The molecule has 0 fully saturated rings. The van der Waals surface area contributed by atoms with Gasteiger partial charge in [0.25, 0.3) is 0 Å². The number of nitriles is 1. The van der Waals surface area contributed by atoms with Gasteiger partial charge in [0, 0.05) is 0 Å².